The van der Waals surface area contributed by atoms with Gasteiger partial charge in [-0.2, -0.15) is 0 Å². The number of allylic oxidation sites excluding steroid dienone is 2. The maximum Gasteiger partial charge on any atom is 0.338 e. The van der Waals surface area contributed by atoms with Gasteiger partial charge in [-0.3, -0.25) is 0 Å². The van der Waals surface area contributed by atoms with Gasteiger partial charge in [-0.05, 0) is 57.6 Å². The first kappa shape index (κ1) is 13.5. The average Bonchev–Trinajstić information content (AvgIpc) is 2.26. The van der Waals surface area contributed by atoms with E-state index in [4.69, 9.17) is 16.3 Å². The number of fused-ring (bicyclic) bond motifs is 1. The predicted molar refractivity (Wildman–Crippen MR) is 72.2 cm³/mol. The van der Waals surface area contributed by atoms with Crippen molar-refractivity contribution in [1.82, 2.24) is 5.32 Å². The maximum absolute atomic E-state index is 12.2. The van der Waals surface area contributed by atoms with Gasteiger partial charge in [0, 0.05) is 6.20 Å². The van der Waals surface area contributed by atoms with Crippen LogP contribution in [0.2, 0.25) is 0 Å². The van der Waals surface area contributed by atoms with E-state index in [0.717, 1.165) is 24.8 Å². The van der Waals surface area contributed by atoms with Crippen molar-refractivity contribution in [3.63, 3.8) is 0 Å². The number of carbonyl (C=O) groups is 1. The van der Waals surface area contributed by atoms with Gasteiger partial charge in [0.1, 0.15) is 11.1 Å². The number of hydrogen-bond acceptors (Lipinski definition) is 3. The van der Waals surface area contributed by atoms with Crippen LogP contribution < -0.4 is 5.32 Å². The monoisotopic (exact) mass is 269 g/mol. The summed E-state index contributed by atoms with van der Waals surface area (Å²) < 4.78 is 5.45. The minimum atomic E-state index is -0.489. The van der Waals surface area contributed by atoms with Crippen molar-refractivity contribution >= 4 is 17.6 Å². The molecule has 2 rings (SSSR count). The molecule has 4 heteroatoms. The molecular formula is C14H20ClNO2. The van der Waals surface area contributed by atoms with E-state index in [-0.39, 0.29) is 5.97 Å². The Balaban J connectivity index is 2.29. The molecule has 1 atom stereocenters. The van der Waals surface area contributed by atoms with Crippen molar-refractivity contribution in [2.45, 2.75) is 57.6 Å². The van der Waals surface area contributed by atoms with Crippen LogP contribution in [-0.4, -0.2) is 17.1 Å². The van der Waals surface area contributed by atoms with E-state index in [1.807, 2.05) is 27.0 Å². The van der Waals surface area contributed by atoms with E-state index in [0.29, 0.717) is 5.57 Å². The minimum absolute atomic E-state index is 0.294. The number of carbonyl (C=O) groups excluding carboxylic acids is 1. The Hall–Kier alpha value is -0.960. The molecule has 0 saturated heterocycles. The van der Waals surface area contributed by atoms with E-state index in [1.165, 1.54) is 12.0 Å². The zero-order valence-electron chi connectivity index (χ0n) is 11.2. The fourth-order valence-electron chi connectivity index (χ4n) is 2.37. The highest BCUT2D eigenvalue weighted by Gasteiger charge is 2.32. The largest absolute Gasteiger partial charge is 0.457 e. The molecule has 0 spiro atoms. The van der Waals surface area contributed by atoms with Crippen molar-refractivity contribution in [1.29, 1.82) is 0 Å². The number of alkyl halides is 1. The molecular weight excluding hydrogens is 250 g/mol. The van der Waals surface area contributed by atoms with Crippen LogP contribution in [0, 0.1) is 0 Å². The van der Waals surface area contributed by atoms with Crippen molar-refractivity contribution in [3.8, 4) is 0 Å². The summed E-state index contributed by atoms with van der Waals surface area (Å²) in [6.07, 6.45) is 6.16. The van der Waals surface area contributed by atoms with Gasteiger partial charge in [0.05, 0.1) is 5.57 Å². The van der Waals surface area contributed by atoms with Crippen molar-refractivity contribution in [3.05, 3.63) is 22.9 Å². The number of ether oxygens (including phenoxy) is 1. The lowest BCUT2D eigenvalue weighted by atomic mass is 9.85. The Kier molecular flexibility index (Phi) is 3.71. The van der Waals surface area contributed by atoms with Crippen LogP contribution in [0.4, 0.5) is 0 Å². The van der Waals surface area contributed by atoms with E-state index in [2.05, 4.69) is 5.32 Å². The van der Waals surface area contributed by atoms with Crippen LogP contribution in [0.5, 0.6) is 0 Å². The molecule has 0 aromatic rings. The standard InChI is InChI=1S/C14H20ClNO2/c1-14(2,3)18-13(17)11-10-7-5-4-6-9(10)8-16-12(11)15/h8,12,16H,4-7H2,1-3H3. The molecule has 0 radical (unpaired) electrons. The zero-order valence-corrected chi connectivity index (χ0v) is 11.9. The molecule has 1 N–H and O–H groups in total. The molecule has 2 aliphatic rings. The SMILES string of the molecule is CC(C)(C)OC(=O)C1=C2CCCCC2=CNC1Cl. The summed E-state index contributed by atoms with van der Waals surface area (Å²) in [5, 5.41) is 3.04. The Bertz CT molecular complexity index is 418. The topological polar surface area (TPSA) is 38.3 Å². The highest BCUT2D eigenvalue weighted by atomic mass is 35.5. The molecule has 18 heavy (non-hydrogen) atoms. The van der Waals surface area contributed by atoms with Gasteiger partial charge in [-0.1, -0.05) is 11.6 Å². The van der Waals surface area contributed by atoms with Crippen LogP contribution in [0.15, 0.2) is 22.9 Å². The second-order valence-corrected chi connectivity index (χ2v) is 6.24. The number of halogens is 1. The van der Waals surface area contributed by atoms with E-state index in [9.17, 15) is 4.79 Å². The second kappa shape index (κ2) is 4.96. The highest BCUT2D eigenvalue weighted by Crippen LogP contribution is 2.35. The third-order valence-electron chi connectivity index (χ3n) is 3.11. The Labute approximate surface area is 113 Å². The molecule has 1 heterocycles. The summed E-state index contributed by atoms with van der Waals surface area (Å²) in [6, 6.07) is 0. The molecule has 0 amide bonds. The van der Waals surface area contributed by atoms with Gasteiger partial charge in [-0.15, -0.1) is 0 Å². The molecule has 1 aliphatic carbocycles. The maximum atomic E-state index is 12.2. The lowest BCUT2D eigenvalue weighted by Crippen LogP contribution is -2.35. The quantitative estimate of drug-likeness (QED) is 0.451. The normalized spacial score (nSPS) is 24.0. The molecule has 1 aliphatic heterocycles. The molecule has 1 saturated carbocycles. The molecule has 1 fully saturated rings. The molecule has 0 aromatic heterocycles. The predicted octanol–water partition coefficient (Wildman–Crippen LogP) is 3.25. The van der Waals surface area contributed by atoms with Gasteiger partial charge in [-0.25, -0.2) is 4.79 Å². The Morgan fingerprint density at radius 3 is 2.72 bits per heavy atom. The Morgan fingerprint density at radius 1 is 1.39 bits per heavy atom. The lowest BCUT2D eigenvalue weighted by molar-refractivity contribution is -0.150. The van der Waals surface area contributed by atoms with E-state index >= 15 is 0 Å². The van der Waals surface area contributed by atoms with E-state index in [1.54, 1.807) is 0 Å². The number of rotatable bonds is 1. The number of hydrogen-bond donors (Lipinski definition) is 1. The first-order valence-corrected chi connectivity index (χ1v) is 6.88. The summed E-state index contributed by atoms with van der Waals surface area (Å²) in [6.45, 7) is 5.60. The van der Waals surface area contributed by atoms with Crippen LogP contribution in [0.1, 0.15) is 46.5 Å². The van der Waals surface area contributed by atoms with Gasteiger partial charge in [0.25, 0.3) is 0 Å². The van der Waals surface area contributed by atoms with Gasteiger partial charge >= 0.3 is 5.97 Å². The van der Waals surface area contributed by atoms with Crippen LogP contribution in [0.25, 0.3) is 0 Å². The average molecular weight is 270 g/mol. The van der Waals surface area contributed by atoms with Gasteiger partial charge in [0.2, 0.25) is 0 Å². The van der Waals surface area contributed by atoms with E-state index < -0.39 is 11.1 Å². The summed E-state index contributed by atoms with van der Waals surface area (Å²) >= 11 is 6.21. The number of esters is 1. The second-order valence-electron chi connectivity index (χ2n) is 5.80. The van der Waals surface area contributed by atoms with Crippen molar-refractivity contribution < 1.29 is 9.53 Å². The highest BCUT2D eigenvalue weighted by molar-refractivity contribution is 6.25. The number of dihydropyridines is 1. The first-order chi connectivity index (χ1) is 8.38. The van der Waals surface area contributed by atoms with Crippen LogP contribution in [0.3, 0.4) is 0 Å². The summed E-state index contributed by atoms with van der Waals surface area (Å²) in [4.78, 5) is 12.2. The molecule has 1 unspecified atom stereocenters. The summed E-state index contributed by atoms with van der Waals surface area (Å²) in [5.41, 5.74) is 1.94. The lowest BCUT2D eigenvalue weighted by Gasteiger charge is -2.30. The van der Waals surface area contributed by atoms with Crippen molar-refractivity contribution in [2.75, 3.05) is 0 Å². The number of nitrogens with one attached hydrogen (secondary N) is 1. The van der Waals surface area contributed by atoms with Crippen LogP contribution >= 0.6 is 11.6 Å². The zero-order chi connectivity index (χ0) is 13.3. The third kappa shape index (κ3) is 2.89. The first-order valence-electron chi connectivity index (χ1n) is 6.44. The molecule has 0 bridgehead atoms. The fourth-order valence-corrected chi connectivity index (χ4v) is 2.65. The van der Waals surface area contributed by atoms with Gasteiger partial charge in [0.15, 0.2) is 0 Å². The molecule has 3 nitrogen and oxygen atoms in total. The third-order valence-corrected chi connectivity index (χ3v) is 3.46. The summed E-state index contributed by atoms with van der Waals surface area (Å²) in [5.74, 6) is -0.294. The Morgan fingerprint density at radius 2 is 2.06 bits per heavy atom. The molecule has 100 valence electrons. The van der Waals surface area contributed by atoms with Crippen LogP contribution in [-0.2, 0) is 9.53 Å². The minimum Gasteiger partial charge on any atom is -0.457 e. The van der Waals surface area contributed by atoms with Gasteiger partial charge < -0.3 is 10.1 Å². The molecule has 0 aromatic carbocycles. The van der Waals surface area contributed by atoms with Crippen molar-refractivity contribution in [2.24, 2.45) is 0 Å². The fraction of sp³-hybridized carbons (Fsp3) is 0.643. The summed E-state index contributed by atoms with van der Waals surface area (Å²) in [7, 11) is 0. The smallest absolute Gasteiger partial charge is 0.338 e.